The van der Waals surface area contributed by atoms with Crippen molar-refractivity contribution in [1.29, 1.82) is 0 Å². The van der Waals surface area contributed by atoms with E-state index < -0.39 is 5.97 Å². The summed E-state index contributed by atoms with van der Waals surface area (Å²) in [5.74, 6) is -0.0362. The van der Waals surface area contributed by atoms with Gasteiger partial charge in [-0.1, -0.05) is 73.9 Å². The number of esters is 1. The molecule has 3 nitrogen and oxygen atoms in total. The minimum Gasteiger partial charge on any atom is -0.454 e. The zero-order valence-corrected chi connectivity index (χ0v) is 15.9. The molecule has 0 spiro atoms. The van der Waals surface area contributed by atoms with Gasteiger partial charge in [-0.3, -0.25) is 4.79 Å². The first kappa shape index (κ1) is 18.4. The van der Waals surface area contributed by atoms with Crippen LogP contribution >= 0.6 is 0 Å². The van der Waals surface area contributed by atoms with Crippen LogP contribution in [-0.4, -0.2) is 18.4 Å². The molecule has 0 bridgehead atoms. The molecule has 0 N–H and O–H groups in total. The van der Waals surface area contributed by atoms with Crippen LogP contribution in [0.25, 0.3) is 10.8 Å². The van der Waals surface area contributed by atoms with Gasteiger partial charge < -0.3 is 4.74 Å². The van der Waals surface area contributed by atoms with E-state index in [-0.39, 0.29) is 12.4 Å². The maximum atomic E-state index is 12.4. The van der Waals surface area contributed by atoms with Gasteiger partial charge in [-0.05, 0) is 47.2 Å². The van der Waals surface area contributed by atoms with Crippen LogP contribution in [0.4, 0.5) is 0 Å². The number of ketones is 1. The molecule has 3 aromatic carbocycles. The summed E-state index contributed by atoms with van der Waals surface area (Å²) < 4.78 is 5.25. The fourth-order valence-corrected chi connectivity index (χ4v) is 3.99. The van der Waals surface area contributed by atoms with Gasteiger partial charge in [0.25, 0.3) is 0 Å². The molecule has 0 unspecified atom stereocenters. The molecule has 1 aliphatic carbocycles. The average molecular weight is 372 g/mol. The third kappa shape index (κ3) is 4.14. The number of hydrogen-bond acceptors (Lipinski definition) is 3. The van der Waals surface area contributed by atoms with Crippen molar-refractivity contribution < 1.29 is 14.3 Å². The normalized spacial score (nSPS) is 14.7. The molecule has 0 aliphatic heterocycles. The van der Waals surface area contributed by atoms with Crippen LogP contribution in [0.1, 0.15) is 64.3 Å². The largest absolute Gasteiger partial charge is 0.454 e. The van der Waals surface area contributed by atoms with Crippen molar-refractivity contribution in [2.24, 2.45) is 0 Å². The molecule has 0 aromatic heterocycles. The summed E-state index contributed by atoms with van der Waals surface area (Å²) in [7, 11) is 0. The maximum absolute atomic E-state index is 12.4. The summed E-state index contributed by atoms with van der Waals surface area (Å²) in [5, 5.41) is 2.04. The smallest absolute Gasteiger partial charge is 0.338 e. The molecule has 0 saturated heterocycles. The van der Waals surface area contributed by atoms with Crippen LogP contribution in [0.2, 0.25) is 0 Å². The monoisotopic (exact) mass is 372 g/mol. The lowest BCUT2D eigenvalue weighted by Gasteiger charge is -2.22. The Hall–Kier alpha value is -2.94. The fraction of sp³-hybridized carbons (Fsp3) is 0.280. The molecular weight excluding hydrogens is 348 g/mol. The molecule has 1 saturated carbocycles. The lowest BCUT2D eigenvalue weighted by molar-refractivity contribution is 0.0475. The minimum atomic E-state index is -0.474. The number of fused-ring (bicyclic) bond motifs is 1. The van der Waals surface area contributed by atoms with Crippen molar-refractivity contribution in [3.05, 3.63) is 83.4 Å². The summed E-state index contributed by atoms with van der Waals surface area (Å²) in [6, 6.07) is 21.1. The second kappa shape index (κ2) is 8.39. The molecule has 3 heteroatoms. The van der Waals surface area contributed by atoms with E-state index in [1.807, 2.05) is 54.6 Å². The van der Waals surface area contributed by atoms with E-state index >= 15 is 0 Å². The SMILES string of the molecule is O=C(COC(=O)c1ccc2ccccc2c1)c1ccc(C2CCCCC2)cc1. The predicted molar refractivity (Wildman–Crippen MR) is 111 cm³/mol. The summed E-state index contributed by atoms with van der Waals surface area (Å²) in [6.45, 7) is -0.242. The van der Waals surface area contributed by atoms with E-state index in [0.29, 0.717) is 17.0 Å². The standard InChI is InChI=1S/C25H24O3/c26-24(21-13-10-20(11-14-21)18-6-2-1-3-7-18)17-28-25(27)23-15-12-19-8-4-5-9-22(19)16-23/h4-5,8-16,18H,1-3,6-7,17H2. The highest BCUT2D eigenvalue weighted by Gasteiger charge is 2.17. The topological polar surface area (TPSA) is 43.4 Å². The van der Waals surface area contributed by atoms with Crippen molar-refractivity contribution >= 4 is 22.5 Å². The third-order valence-electron chi connectivity index (χ3n) is 5.63. The average Bonchev–Trinajstić information content (AvgIpc) is 2.77. The van der Waals surface area contributed by atoms with Crippen LogP contribution < -0.4 is 0 Å². The van der Waals surface area contributed by atoms with Crippen molar-refractivity contribution in [2.45, 2.75) is 38.0 Å². The van der Waals surface area contributed by atoms with Gasteiger partial charge in [-0.15, -0.1) is 0 Å². The zero-order valence-electron chi connectivity index (χ0n) is 15.9. The van der Waals surface area contributed by atoms with Gasteiger partial charge in [0.2, 0.25) is 0 Å². The Morgan fingerprint density at radius 2 is 1.46 bits per heavy atom. The number of ether oxygens (including phenoxy) is 1. The number of rotatable bonds is 5. The van der Waals surface area contributed by atoms with Gasteiger partial charge in [0.05, 0.1) is 5.56 Å². The molecule has 0 atom stereocenters. The predicted octanol–water partition coefficient (Wildman–Crippen LogP) is 5.93. The van der Waals surface area contributed by atoms with E-state index in [0.717, 1.165) is 10.8 Å². The van der Waals surface area contributed by atoms with Gasteiger partial charge in [0.15, 0.2) is 12.4 Å². The molecule has 3 aromatic rings. The molecule has 142 valence electrons. The third-order valence-corrected chi connectivity index (χ3v) is 5.63. The van der Waals surface area contributed by atoms with Gasteiger partial charge in [-0.2, -0.15) is 0 Å². The highest BCUT2D eigenvalue weighted by Crippen LogP contribution is 2.32. The second-order valence-electron chi connectivity index (χ2n) is 7.52. The fourth-order valence-electron chi connectivity index (χ4n) is 3.99. The first-order valence-electron chi connectivity index (χ1n) is 10.00. The summed E-state index contributed by atoms with van der Waals surface area (Å²) >= 11 is 0. The maximum Gasteiger partial charge on any atom is 0.338 e. The van der Waals surface area contributed by atoms with Crippen LogP contribution in [0.5, 0.6) is 0 Å². The Morgan fingerprint density at radius 3 is 2.21 bits per heavy atom. The highest BCUT2D eigenvalue weighted by molar-refractivity contribution is 6.00. The van der Waals surface area contributed by atoms with Crippen LogP contribution in [0.15, 0.2) is 66.7 Å². The van der Waals surface area contributed by atoms with Gasteiger partial charge >= 0.3 is 5.97 Å². The van der Waals surface area contributed by atoms with Crippen LogP contribution in [0.3, 0.4) is 0 Å². The lowest BCUT2D eigenvalue weighted by Crippen LogP contribution is -2.14. The van der Waals surface area contributed by atoms with E-state index in [4.69, 9.17) is 4.74 Å². The molecule has 0 amide bonds. The van der Waals surface area contributed by atoms with Crippen molar-refractivity contribution in [3.63, 3.8) is 0 Å². The van der Waals surface area contributed by atoms with Crippen LogP contribution in [0, 0.1) is 0 Å². The molecule has 28 heavy (non-hydrogen) atoms. The van der Waals surface area contributed by atoms with E-state index in [1.165, 1.54) is 37.7 Å². The second-order valence-corrected chi connectivity index (χ2v) is 7.52. The summed E-state index contributed by atoms with van der Waals surface area (Å²) in [6.07, 6.45) is 6.37. The van der Waals surface area contributed by atoms with Gasteiger partial charge in [-0.25, -0.2) is 4.79 Å². The van der Waals surface area contributed by atoms with Crippen molar-refractivity contribution in [1.82, 2.24) is 0 Å². The van der Waals surface area contributed by atoms with Crippen molar-refractivity contribution in [3.8, 4) is 0 Å². The molecule has 1 fully saturated rings. The number of carbonyl (C=O) groups excluding carboxylic acids is 2. The van der Waals surface area contributed by atoms with Crippen molar-refractivity contribution in [2.75, 3.05) is 6.61 Å². The molecule has 1 aliphatic rings. The summed E-state index contributed by atoms with van der Waals surface area (Å²) in [4.78, 5) is 24.7. The first-order chi connectivity index (χ1) is 13.7. The number of hydrogen-bond donors (Lipinski definition) is 0. The molecule has 4 rings (SSSR count). The zero-order chi connectivity index (χ0) is 19.3. The molecule has 0 radical (unpaired) electrons. The Bertz CT molecular complexity index is 982. The molecular formula is C25H24O3. The number of carbonyl (C=O) groups is 2. The van der Waals surface area contributed by atoms with E-state index in [2.05, 4.69) is 0 Å². The Kier molecular flexibility index (Phi) is 5.52. The minimum absolute atomic E-state index is 0.177. The van der Waals surface area contributed by atoms with E-state index in [1.54, 1.807) is 12.1 Å². The lowest BCUT2D eigenvalue weighted by atomic mass is 9.84. The quantitative estimate of drug-likeness (QED) is 0.412. The van der Waals surface area contributed by atoms with Gasteiger partial charge in [0.1, 0.15) is 0 Å². The number of Topliss-reactive ketones (excluding diaryl/α,β-unsaturated/α-hetero) is 1. The molecule has 0 heterocycles. The first-order valence-corrected chi connectivity index (χ1v) is 10.00. The Balaban J connectivity index is 1.37. The number of benzene rings is 3. The highest BCUT2D eigenvalue weighted by atomic mass is 16.5. The van der Waals surface area contributed by atoms with Crippen LogP contribution in [-0.2, 0) is 4.74 Å². The Morgan fingerprint density at radius 1 is 0.786 bits per heavy atom. The summed E-state index contributed by atoms with van der Waals surface area (Å²) in [5.41, 5.74) is 2.36. The van der Waals surface area contributed by atoms with Gasteiger partial charge in [0, 0.05) is 5.56 Å². The Labute approximate surface area is 165 Å². The van der Waals surface area contributed by atoms with E-state index in [9.17, 15) is 9.59 Å².